The Labute approximate surface area is 199 Å². The first-order chi connectivity index (χ1) is 14.8. The number of hydrogen-bond donors (Lipinski definition) is 1. The fraction of sp³-hybridized carbons (Fsp3) is 0.650. The van der Waals surface area contributed by atoms with E-state index in [4.69, 9.17) is 39.5 Å². The number of carbonyl (C=O) groups excluding carboxylic acids is 1. The Balaban J connectivity index is 1.49. The first kappa shape index (κ1) is 25.0. The number of hydrogen-bond acceptors (Lipinski definition) is 5. The van der Waals surface area contributed by atoms with Crippen LogP contribution in [0, 0.1) is 0 Å². The minimum atomic E-state index is -3.92. The molecule has 1 aromatic rings. The quantitative estimate of drug-likeness (QED) is 0.548. The Kier molecular flexibility index (Phi) is 9.28. The third-order valence-corrected chi connectivity index (χ3v) is 8.69. The summed E-state index contributed by atoms with van der Waals surface area (Å²) in [7, 11) is -3.92. The molecular formula is C20H28Cl3N3O4S. The van der Waals surface area contributed by atoms with Crippen molar-refractivity contribution in [2.24, 2.45) is 0 Å². The van der Waals surface area contributed by atoms with Gasteiger partial charge in [0.2, 0.25) is 15.9 Å². The molecule has 1 amide bonds. The van der Waals surface area contributed by atoms with Crippen molar-refractivity contribution in [3.63, 3.8) is 0 Å². The third kappa shape index (κ3) is 6.69. The van der Waals surface area contributed by atoms with Crippen molar-refractivity contribution in [3.05, 3.63) is 27.2 Å². The van der Waals surface area contributed by atoms with Gasteiger partial charge in [-0.2, -0.15) is 4.31 Å². The van der Waals surface area contributed by atoms with E-state index in [0.717, 1.165) is 19.6 Å². The molecule has 0 aliphatic carbocycles. The summed E-state index contributed by atoms with van der Waals surface area (Å²) in [6, 6.07) is 2.34. The molecule has 1 aromatic carbocycles. The van der Waals surface area contributed by atoms with Crippen molar-refractivity contribution in [1.29, 1.82) is 0 Å². The van der Waals surface area contributed by atoms with Gasteiger partial charge in [-0.3, -0.25) is 4.79 Å². The first-order valence-corrected chi connectivity index (χ1v) is 13.1. The van der Waals surface area contributed by atoms with E-state index in [-0.39, 0.29) is 45.1 Å². The lowest BCUT2D eigenvalue weighted by atomic mass is 10.1. The summed E-state index contributed by atoms with van der Waals surface area (Å²) in [5.41, 5.74) is 0. The van der Waals surface area contributed by atoms with Crippen molar-refractivity contribution in [2.45, 2.75) is 43.0 Å². The van der Waals surface area contributed by atoms with Gasteiger partial charge in [0, 0.05) is 30.7 Å². The maximum absolute atomic E-state index is 13.2. The number of likely N-dealkylation sites (tertiary alicyclic amines) is 1. The van der Waals surface area contributed by atoms with E-state index in [1.165, 1.54) is 35.7 Å². The molecule has 3 rings (SSSR count). The third-order valence-electron chi connectivity index (χ3n) is 5.60. The van der Waals surface area contributed by atoms with Gasteiger partial charge in [0.15, 0.2) is 0 Å². The zero-order chi connectivity index (χ0) is 22.4. The summed E-state index contributed by atoms with van der Waals surface area (Å²) >= 11 is 18.2. The van der Waals surface area contributed by atoms with Gasteiger partial charge in [0.25, 0.3) is 0 Å². The first-order valence-electron chi connectivity index (χ1n) is 10.5. The second-order valence-corrected chi connectivity index (χ2v) is 11.0. The smallest absolute Gasteiger partial charge is 0.246 e. The lowest BCUT2D eigenvalue weighted by molar-refractivity contribution is -0.126. The molecule has 1 N–H and O–H groups in total. The lowest BCUT2D eigenvalue weighted by Crippen LogP contribution is -2.40. The molecule has 0 aromatic heterocycles. The zero-order valence-corrected chi connectivity index (χ0v) is 20.4. The number of rotatable bonds is 9. The Morgan fingerprint density at radius 2 is 1.74 bits per heavy atom. The Morgan fingerprint density at radius 3 is 2.42 bits per heavy atom. The molecule has 1 atom stereocenters. The number of halogens is 3. The van der Waals surface area contributed by atoms with E-state index in [1.807, 2.05) is 0 Å². The molecule has 0 saturated carbocycles. The van der Waals surface area contributed by atoms with Crippen LogP contribution >= 0.6 is 34.8 Å². The summed E-state index contributed by atoms with van der Waals surface area (Å²) < 4.78 is 33.2. The van der Waals surface area contributed by atoms with E-state index in [2.05, 4.69) is 10.2 Å². The number of nitrogens with zero attached hydrogens (tertiary/aromatic N) is 2. The Bertz CT molecular complexity index is 855. The van der Waals surface area contributed by atoms with E-state index >= 15 is 0 Å². The monoisotopic (exact) mass is 511 g/mol. The highest BCUT2D eigenvalue weighted by molar-refractivity contribution is 7.89. The molecule has 11 heteroatoms. The SMILES string of the molecule is O=C(COCC1CCCN1S(=O)(=O)c1c(Cl)cc(Cl)cc1Cl)NCCN1CCCCC1. The number of piperidine rings is 1. The largest absolute Gasteiger partial charge is 0.370 e. The van der Waals surface area contributed by atoms with Gasteiger partial charge < -0.3 is 15.0 Å². The standard InChI is InChI=1S/C20H28Cl3N3O4S/c21-15-11-17(22)20(18(23)12-15)31(28,29)26-9-4-5-16(26)13-30-14-19(27)24-6-10-25-7-2-1-3-8-25/h11-12,16H,1-10,13-14H2,(H,24,27). The average molecular weight is 513 g/mol. The van der Waals surface area contributed by atoms with E-state index in [1.54, 1.807) is 0 Å². The molecule has 1 unspecified atom stereocenters. The minimum Gasteiger partial charge on any atom is -0.370 e. The molecule has 2 aliphatic rings. The molecule has 2 aliphatic heterocycles. The van der Waals surface area contributed by atoms with Gasteiger partial charge >= 0.3 is 0 Å². The van der Waals surface area contributed by atoms with Gasteiger partial charge in [0.1, 0.15) is 11.5 Å². The fourth-order valence-electron chi connectivity index (χ4n) is 4.06. The van der Waals surface area contributed by atoms with Crippen molar-refractivity contribution >= 4 is 50.7 Å². The topological polar surface area (TPSA) is 78.9 Å². The molecule has 0 radical (unpaired) electrons. The number of carbonyl (C=O) groups is 1. The number of ether oxygens (including phenoxy) is 1. The zero-order valence-electron chi connectivity index (χ0n) is 17.3. The summed E-state index contributed by atoms with van der Waals surface area (Å²) in [6.07, 6.45) is 5.03. The van der Waals surface area contributed by atoms with Gasteiger partial charge in [-0.25, -0.2) is 8.42 Å². The van der Waals surface area contributed by atoms with Crippen molar-refractivity contribution in [3.8, 4) is 0 Å². The maximum atomic E-state index is 13.2. The van der Waals surface area contributed by atoms with Crippen molar-refractivity contribution in [2.75, 3.05) is 45.9 Å². The molecule has 0 bridgehead atoms. The van der Waals surface area contributed by atoms with E-state index < -0.39 is 10.0 Å². The average Bonchev–Trinajstić information content (AvgIpc) is 3.17. The second-order valence-electron chi connectivity index (χ2n) is 7.88. The highest BCUT2D eigenvalue weighted by Crippen LogP contribution is 2.37. The molecule has 2 saturated heterocycles. The Hall–Kier alpha value is -0.610. The van der Waals surface area contributed by atoms with Crippen LogP contribution in [0.25, 0.3) is 0 Å². The Morgan fingerprint density at radius 1 is 1.06 bits per heavy atom. The predicted molar refractivity (Wildman–Crippen MR) is 123 cm³/mol. The lowest BCUT2D eigenvalue weighted by Gasteiger charge is -2.26. The fourth-order valence-corrected chi connectivity index (χ4v) is 7.24. The van der Waals surface area contributed by atoms with Crippen molar-refractivity contribution < 1.29 is 17.9 Å². The molecule has 31 heavy (non-hydrogen) atoms. The van der Waals surface area contributed by atoms with Gasteiger partial charge in [-0.1, -0.05) is 41.2 Å². The highest BCUT2D eigenvalue weighted by Gasteiger charge is 2.38. The minimum absolute atomic E-state index is 0.0165. The van der Waals surface area contributed by atoms with E-state index in [0.29, 0.717) is 25.9 Å². The van der Waals surface area contributed by atoms with Crippen LogP contribution in [0.3, 0.4) is 0 Å². The van der Waals surface area contributed by atoms with Crippen LogP contribution < -0.4 is 5.32 Å². The summed E-state index contributed by atoms with van der Waals surface area (Å²) in [5, 5.41) is 3.09. The van der Waals surface area contributed by atoms with Crippen LogP contribution in [0.2, 0.25) is 15.1 Å². The molecule has 0 spiro atoms. The second kappa shape index (κ2) is 11.5. The number of sulfonamides is 1. The van der Waals surface area contributed by atoms with Crippen LogP contribution in [0.5, 0.6) is 0 Å². The van der Waals surface area contributed by atoms with Crippen LogP contribution in [0.4, 0.5) is 0 Å². The normalized spacial score (nSPS) is 20.8. The summed E-state index contributed by atoms with van der Waals surface area (Å²) in [6.45, 7) is 3.95. The molecule has 7 nitrogen and oxygen atoms in total. The van der Waals surface area contributed by atoms with Crippen molar-refractivity contribution in [1.82, 2.24) is 14.5 Å². The van der Waals surface area contributed by atoms with Crippen LogP contribution in [-0.2, 0) is 19.6 Å². The van der Waals surface area contributed by atoms with Crippen LogP contribution in [-0.4, -0.2) is 75.5 Å². The highest BCUT2D eigenvalue weighted by atomic mass is 35.5. The number of nitrogens with one attached hydrogen (secondary N) is 1. The summed E-state index contributed by atoms with van der Waals surface area (Å²) in [4.78, 5) is 14.2. The molecule has 2 heterocycles. The summed E-state index contributed by atoms with van der Waals surface area (Å²) in [5.74, 6) is -0.201. The molecule has 174 valence electrons. The van der Waals surface area contributed by atoms with Gasteiger partial charge in [0.05, 0.1) is 16.7 Å². The van der Waals surface area contributed by atoms with E-state index in [9.17, 15) is 13.2 Å². The molecular weight excluding hydrogens is 485 g/mol. The number of amides is 1. The van der Waals surface area contributed by atoms with Crippen LogP contribution in [0.15, 0.2) is 17.0 Å². The van der Waals surface area contributed by atoms with Gasteiger partial charge in [-0.15, -0.1) is 0 Å². The predicted octanol–water partition coefficient (Wildman–Crippen LogP) is 3.42. The molecule has 2 fully saturated rings. The van der Waals surface area contributed by atoms with Gasteiger partial charge in [-0.05, 0) is 50.9 Å². The van der Waals surface area contributed by atoms with Crippen LogP contribution in [0.1, 0.15) is 32.1 Å². The maximum Gasteiger partial charge on any atom is 0.246 e. The number of benzene rings is 1.